The lowest BCUT2D eigenvalue weighted by Gasteiger charge is -2.06. The minimum Gasteiger partial charge on any atom is -0.481 e. The van der Waals surface area contributed by atoms with Gasteiger partial charge in [-0.3, -0.25) is 4.79 Å². The Balaban J connectivity index is 2.07. The van der Waals surface area contributed by atoms with Gasteiger partial charge >= 0.3 is 5.97 Å². The van der Waals surface area contributed by atoms with Gasteiger partial charge in [-0.1, -0.05) is 18.2 Å². The lowest BCUT2D eigenvalue weighted by Crippen LogP contribution is -2.22. The van der Waals surface area contributed by atoms with Crippen LogP contribution in [0.15, 0.2) is 46.7 Å². The van der Waals surface area contributed by atoms with Gasteiger partial charge in [-0.25, -0.2) is 13.1 Å². The highest BCUT2D eigenvalue weighted by Crippen LogP contribution is 2.13. The van der Waals surface area contributed by atoms with Crippen molar-refractivity contribution >= 4 is 27.3 Å². The summed E-state index contributed by atoms with van der Waals surface area (Å²) in [4.78, 5) is 11.6. The lowest BCUT2D eigenvalue weighted by molar-refractivity contribution is -0.136. The number of rotatable bonds is 6. The van der Waals surface area contributed by atoms with E-state index in [2.05, 4.69) is 4.72 Å². The van der Waals surface area contributed by atoms with Crippen LogP contribution >= 0.6 is 11.3 Å². The van der Waals surface area contributed by atoms with Crippen molar-refractivity contribution in [3.05, 3.63) is 52.2 Å². The average Bonchev–Trinajstić information content (AvgIpc) is 2.89. The van der Waals surface area contributed by atoms with Crippen molar-refractivity contribution in [1.82, 2.24) is 4.72 Å². The second-order valence-electron chi connectivity index (χ2n) is 4.12. The summed E-state index contributed by atoms with van der Waals surface area (Å²) in [5.41, 5.74) is 0.565. The van der Waals surface area contributed by atoms with E-state index in [4.69, 9.17) is 5.11 Å². The molecule has 0 saturated heterocycles. The van der Waals surface area contributed by atoms with Gasteiger partial charge in [-0.15, -0.1) is 11.3 Å². The maximum Gasteiger partial charge on any atom is 0.307 e. The second-order valence-corrected chi connectivity index (χ2v) is 6.92. The molecule has 0 amide bonds. The van der Waals surface area contributed by atoms with Gasteiger partial charge in [0.25, 0.3) is 0 Å². The van der Waals surface area contributed by atoms with E-state index >= 15 is 0 Å². The van der Waals surface area contributed by atoms with E-state index in [1.165, 1.54) is 35.6 Å². The van der Waals surface area contributed by atoms with Gasteiger partial charge in [0, 0.05) is 11.4 Å². The molecule has 2 aromatic rings. The van der Waals surface area contributed by atoms with Crippen LogP contribution in [0.3, 0.4) is 0 Å². The number of carbonyl (C=O) groups is 1. The first kappa shape index (κ1) is 14.7. The number of aliphatic carboxylic acids is 1. The second kappa shape index (κ2) is 6.17. The van der Waals surface area contributed by atoms with Crippen molar-refractivity contribution < 1.29 is 18.3 Å². The van der Waals surface area contributed by atoms with Crippen LogP contribution in [0.25, 0.3) is 0 Å². The Hall–Kier alpha value is -1.70. The van der Waals surface area contributed by atoms with Gasteiger partial charge < -0.3 is 5.11 Å². The maximum absolute atomic E-state index is 12.0. The van der Waals surface area contributed by atoms with Crippen molar-refractivity contribution in [2.75, 3.05) is 0 Å². The minimum atomic E-state index is -3.57. The van der Waals surface area contributed by atoms with Crippen LogP contribution in [-0.2, 0) is 27.8 Å². The molecule has 0 unspecified atom stereocenters. The molecule has 2 N–H and O–H groups in total. The van der Waals surface area contributed by atoms with Gasteiger partial charge in [0.2, 0.25) is 10.0 Å². The predicted molar refractivity (Wildman–Crippen MR) is 76.1 cm³/mol. The summed E-state index contributed by atoms with van der Waals surface area (Å²) in [5, 5.41) is 10.5. The van der Waals surface area contributed by atoms with Gasteiger partial charge in [-0.2, -0.15) is 0 Å². The molecule has 0 aliphatic carbocycles. The summed E-state index contributed by atoms with van der Waals surface area (Å²) < 4.78 is 26.6. The first-order chi connectivity index (χ1) is 9.47. The number of nitrogens with one attached hydrogen (secondary N) is 1. The molecule has 0 fully saturated rings. The summed E-state index contributed by atoms with van der Waals surface area (Å²) in [6.45, 7) is 0.247. The van der Waals surface area contributed by atoms with Crippen LogP contribution in [0.4, 0.5) is 0 Å². The Morgan fingerprint density at radius 2 is 1.90 bits per heavy atom. The third kappa shape index (κ3) is 3.89. The largest absolute Gasteiger partial charge is 0.481 e. The molecule has 1 aromatic carbocycles. The third-order valence-electron chi connectivity index (χ3n) is 2.61. The lowest BCUT2D eigenvalue weighted by atomic mass is 10.2. The Labute approximate surface area is 120 Å². The summed E-state index contributed by atoms with van der Waals surface area (Å²) in [5.74, 6) is -0.948. The molecule has 0 aliphatic rings. The van der Waals surface area contributed by atoms with E-state index in [1.807, 2.05) is 17.5 Å². The van der Waals surface area contributed by atoms with E-state index in [0.29, 0.717) is 5.56 Å². The fraction of sp³-hybridized carbons (Fsp3) is 0.154. The number of carboxylic acid groups (broad SMARTS) is 1. The van der Waals surface area contributed by atoms with Crippen LogP contribution in [-0.4, -0.2) is 19.5 Å². The zero-order chi connectivity index (χ0) is 14.6. The Morgan fingerprint density at radius 1 is 1.20 bits per heavy atom. The molecule has 0 saturated carbocycles. The number of sulfonamides is 1. The van der Waals surface area contributed by atoms with Crippen LogP contribution in [0, 0.1) is 0 Å². The summed E-state index contributed by atoms with van der Waals surface area (Å²) in [6.07, 6.45) is -0.122. The van der Waals surface area contributed by atoms with E-state index in [-0.39, 0.29) is 17.9 Å². The molecule has 1 aromatic heterocycles. The molecule has 2 rings (SSSR count). The van der Waals surface area contributed by atoms with Crippen LogP contribution in [0.5, 0.6) is 0 Å². The number of carboxylic acids is 1. The molecule has 0 radical (unpaired) electrons. The molecule has 20 heavy (non-hydrogen) atoms. The summed E-state index contributed by atoms with van der Waals surface area (Å²) >= 11 is 1.48. The molecule has 7 heteroatoms. The van der Waals surface area contributed by atoms with E-state index in [0.717, 1.165) is 4.88 Å². The van der Waals surface area contributed by atoms with Crippen molar-refractivity contribution in [3.63, 3.8) is 0 Å². The predicted octanol–water partition coefficient (Wildman–Crippen LogP) is 1.85. The quantitative estimate of drug-likeness (QED) is 0.853. The monoisotopic (exact) mass is 311 g/mol. The highest BCUT2D eigenvalue weighted by atomic mass is 32.2. The van der Waals surface area contributed by atoms with Gasteiger partial charge in [0.1, 0.15) is 0 Å². The highest BCUT2D eigenvalue weighted by Gasteiger charge is 2.14. The molecule has 0 aliphatic heterocycles. The minimum absolute atomic E-state index is 0.122. The fourth-order valence-electron chi connectivity index (χ4n) is 1.62. The molecule has 106 valence electrons. The first-order valence-corrected chi connectivity index (χ1v) is 8.16. The number of benzene rings is 1. The van der Waals surface area contributed by atoms with Crippen LogP contribution < -0.4 is 4.72 Å². The molecule has 0 atom stereocenters. The van der Waals surface area contributed by atoms with Crippen molar-refractivity contribution in [2.45, 2.75) is 17.9 Å². The number of hydrogen-bond acceptors (Lipinski definition) is 4. The van der Waals surface area contributed by atoms with Crippen molar-refractivity contribution in [1.29, 1.82) is 0 Å². The SMILES string of the molecule is O=C(O)Cc1ccc(S(=O)(=O)NCc2cccs2)cc1. The molecule has 0 bridgehead atoms. The fourth-order valence-corrected chi connectivity index (χ4v) is 3.37. The van der Waals surface area contributed by atoms with E-state index in [9.17, 15) is 13.2 Å². The Kier molecular flexibility index (Phi) is 4.53. The van der Waals surface area contributed by atoms with Gasteiger partial charge in [0.15, 0.2) is 0 Å². The molecular formula is C13H13NO4S2. The average molecular weight is 311 g/mol. The normalized spacial score (nSPS) is 11.4. The third-order valence-corrected chi connectivity index (χ3v) is 4.90. The topological polar surface area (TPSA) is 83.5 Å². The number of thiophene rings is 1. The molecular weight excluding hydrogens is 298 g/mol. The highest BCUT2D eigenvalue weighted by molar-refractivity contribution is 7.89. The molecule has 0 spiro atoms. The zero-order valence-electron chi connectivity index (χ0n) is 10.4. The smallest absolute Gasteiger partial charge is 0.307 e. The van der Waals surface area contributed by atoms with Crippen LogP contribution in [0.2, 0.25) is 0 Å². The first-order valence-electron chi connectivity index (χ1n) is 5.80. The number of hydrogen-bond donors (Lipinski definition) is 2. The van der Waals surface area contributed by atoms with Crippen molar-refractivity contribution in [2.24, 2.45) is 0 Å². The Morgan fingerprint density at radius 3 is 2.45 bits per heavy atom. The molecule has 5 nitrogen and oxygen atoms in total. The molecule has 1 heterocycles. The van der Waals surface area contributed by atoms with E-state index < -0.39 is 16.0 Å². The maximum atomic E-state index is 12.0. The van der Waals surface area contributed by atoms with Crippen LogP contribution in [0.1, 0.15) is 10.4 Å². The summed E-state index contributed by atoms with van der Waals surface area (Å²) in [6, 6.07) is 9.55. The standard InChI is InChI=1S/C13H13NO4S2/c15-13(16)8-10-3-5-12(6-4-10)20(17,18)14-9-11-2-1-7-19-11/h1-7,14H,8-9H2,(H,15,16). The van der Waals surface area contributed by atoms with Gasteiger partial charge in [-0.05, 0) is 29.1 Å². The zero-order valence-corrected chi connectivity index (χ0v) is 12.1. The van der Waals surface area contributed by atoms with E-state index in [1.54, 1.807) is 0 Å². The summed E-state index contributed by atoms with van der Waals surface area (Å²) in [7, 11) is -3.57. The van der Waals surface area contributed by atoms with Crippen molar-refractivity contribution in [3.8, 4) is 0 Å². The Bertz CT molecular complexity index is 676. The van der Waals surface area contributed by atoms with Gasteiger partial charge in [0.05, 0.1) is 11.3 Å².